The maximum atomic E-state index is 12.7. The van der Waals surface area contributed by atoms with Crippen LogP contribution in [-0.2, 0) is 17.8 Å². The normalized spacial score (nSPS) is 16.5. The molecule has 0 fully saturated rings. The Morgan fingerprint density at radius 2 is 1.92 bits per heavy atom. The lowest BCUT2D eigenvalue weighted by atomic mass is 9.93. The van der Waals surface area contributed by atoms with E-state index in [0.717, 1.165) is 6.42 Å². The third kappa shape index (κ3) is 2.87. The van der Waals surface area contributed by atoms with E-state index < -0.39 is 0 Å². The van der Waals surface area contributed by atoms with Crippen molar-refractivity contribution in [3.63, 3.8) is 0 Å². The summed E-state index contributed by atoms with van der Waals surface area (Å²) in [5, 5.41) is 8.55. The first kappa shape index (κ1) is 16.4. The molecule has 0 spiro atoms. The van der Waals surface area contributed by atoms with Crippen LogP contribution in [0.5, 0.6) is 0 Å². The van der Waals surface area contributed by atoms with Gasteiger partial charge in [-0.05, 0) is 36.6 Å². The highest BCUT2D eigenvalue weighted by Crippen LogP contribution is 2.29. The highest BCUT2D eigenvalue weighted by atomic mass is 16.2. The Morgan fingerprint density at radius 3 is 2.81 bits per heavy atom. The van der Waals surface area contributed by atoms with Crippen molar-refractivity contribution < 1.29 is 4.79 Å². The van der Waals surface area contributed by atoms with Crippen molar-refractivity contribution in [3.8, 4) is 0 Å². The van der Waals surface area contributed by atoms with Crippen LogP contribution in [0.15, 0.2) is 53.3 Å². The Balaban J connectivity index is 1.50. The molecule has 1 aromatic heterocycles. The highest BCUT2D eigenvalue weighted by Gasteiger charge is 2.27. The number of aryl methyl sites for hydroxylation is 1. The van der Waals surface area contributed by atoms with Crippen molar-refractivity contribution in [2.75, 3.05) is 6.54 Å². The van der Waals surface area contributed by atoms with Crippen molar-refractivity contribution >= 4 is 16.8 Å². The summed E-state index contributed by atoms with van der Waals surface area (Å²) in [6.45, 7) is 2.99. The summed E-state index contributed by atoms with van der Waals surface area (Å²) in [7, 11) is 0. The van der Waals surface area contributed by atoms with Crippen LogP contribution >= 0.6 is 0 Å². The molecule has 1 aliphatic rings. The minimum absolute atomic E-state index is 0.0360. The topological polar surface area (TPSA) is 68.1 Å². The number of nitrogens with zero attached hydrogens (tertiary/aromatic N) is 4. The predicted molar refractivity (Wildman–Crippen MR) is 98.7 cm³/mol. The van der Waals surface area contributed by atoms with Gasteiger partial charge in [-0.25, -0.2) is 4.68 Å². The number of hydrogen-bond acceptors (Lipinski definition) is 4. The van der Waals surface area contributed by atoms with E-state index in [1.165, 1.54) is 15.8 Å². The molecule has 6 heteroatoms. The van der Waals surface area contributed by atoms with E-state index >= 15 is 0 Å². The fourth-order valence-electron chi connectivity index (χ4n) is 3.63. The number of hydrogen-bond donors (Lipinski definition) is 0. The van der Waals surface area contributed by atoms with E-state index in [-0.39, 0.29) is 30.5 Å². The Bertz CT molecular complexity index is 1030. The van der Waals surface area contributed by atoms with E-state index in [4.69, 9.17) is 0 Å². The Kier molecular flexibility index (Phi) is 4.24. The van der Waals surface area contributed by atoms with Crippen LogP contribution in [0.25, 0.3) is 10.9 Å². The fourth-order valence-corrected chi connectivity index (χ4v) is 3.63. The molecule has 6 nitrogen and oxygen atoms in total. The number of carbonyl (C=O) groups is 1. The summed E-state index contributed by atoms with van der Waals surface area (Å²) in [6, 6.07) is 15.4. The average Bonchev–Trinajstić information content (AvgIpc) is 2.68. The van der Waals surface area contributed by atoms with Gasteiger partial charge < -0.3 is 4.90 Å². The van der Waals surface area contributed by atoms with Crippen molar-refractivity contribution in [2.24, 2.45) is 0 Å². The molecule has 0 aliphatic carbocycles. The zero-order valence-electron chi connectivity index (χ0n) is 14.6. The van der Waals surface area contributed by atoms with Crippen LogP contribution < -0.4 is 5.56 Å². The van der Waals surface area contributed by atoms with E-state index in [9.17, 15) is 9.59 Å². The zero-order valence-corrected chi connectivity index (χ0v) is 14.6. The Hall–Kier alpha value is -3.02. The molecule has 2 aromatic carbocycles. The second-order valence-corrected chi connectivity index (χ2v) is 6.60. The van der Waals surface area contributed by atoms with E-state index in [2.05, 4.69) is 29.4 Å². The van der Waals surface area contributed by atoms with Gasteiger partial charge in [0.25, 0.3) is 5.56 Å². The molecule has 1 amide bonds. The first-order valence-electron chi connectivity index (χ1n) is 8.85. The number of amides is 1. The van der Waals surface area contributed by atoms with Gasteiger partial charge in [0.1, 0.15) is 5.52 Å². The molecule has 0 saturated heterocycles. The van der Waals surface area contributed by atoms with Gasteiger partial charge in [-0.2, -0.15) is 0 Å². The molecule has 26 heavy (non-hydrogen) atoms. The van der Waals surface area contributed by atoms with E-state index in [1.807, 2.05) is 23.1 Å². The van der Waals surface area contributed by atoms with Gasteiger partial charge in [-0.3, -0.25) is 9.59 Å². The molecule has 1 aliphatic heterocycles. The molecule has 0 N–H and O–H groups in total. The predicted octanol–water partition coefficient (Wildman–Crippen LogP) is 2.33. The third-order valence-electron chi connectivity index (χ3n) is 5.08. The second kappa shape index (κ2) is 6.71. The average molecular weight is 348 g/mol. The lowest BCUT2D eigenvalue weighted by Crippen LogP contribution is -2.39. The van der Waals surface area contributed by atoms with Crippen molar-refractivity contribution in [2.45, 2.75) is 32.4 Å². The molecule has 3 aromatic rings. The maximum Gasteiger partial charge on any atom is 0.277 e. The van der Waals surface area contributed by atoms with Crippen molar-refractivity contribution in [1.29, 1.82) is 0 Å². The largest absolute Gasteiger partial charge is 0.336 e. The third-order valence-corrected chi connectivity index (χ3v) is 5.08. The smallest absolute Gasteiger partial charge is 0.277 e. The highest BCUT2D eigenvalue weighted by molar-refractivity contribution is 5.78. The summed E-state index contributed by atoms with van der Waals surface area (Å²) in [4.78, 5) is 27.1. The van der Waals surface area contributed by atoms with Crippen LogP contribution in [0.4, 0.5) is 0 Å². The van der Waals surface area contributed by atoms with Crippen LogP contribution in [-0.4, -0.2) is 32.3 Å². The quantitative estimate of drug-likeness (QED) is 0.728. The summed E-state index contributed by atoms with van der Waals surface area (Å²) in [5.74, 6) is 0.0360. The number of fused-ring (bicyclic) bond motifs is 2. The van der Waals surface area contributed by atoms with Gasteiger partial charge >= 0.3 is 0 Å². The molecule has 4 rings (SSSR count). The van der Waals surface area contributed by atoms with Gasteiger partial charge in [-0.15, -0.1) is 5.10 Å². The summed E-state index contributed by atoms with van der Waals surface area (Å²) < 4.78 is 1.28. The number of carbonyl (C=O) groups excluding carboxylic acids is 1. The van der Waals surface area contributed by atoms with Crippen molar-refractivity contribution in [3.05, 3.63) is 70.0 Å². The van der Waals surface area contributed by atoms with Crippen LogP contribution in [0.2, 0.25) is 0 Å². The molecule has 2 heterocycles. The molecule has 0 radical (unpaired) electrons. The van der Waals surface area contributed by atoms with Crippen molar-refractivity contribution in [1.82, 2.24) is 19.9 Å². The fraction of sp³-hybridized carbons (Fsp3) is 0.300. The maximum absolute atomic E-state index is 12.7. The zero-order chi connectivity index (χ0) is 18.1. The lowest BCUT2D eigenvalue weighted by Gasteiger charge is -2.35. The van der Waals surface area contributed by atoms with Gasteiger partial charge in [0.05, 0.1) is 18.0 Å². The van der Waals surface area contributed by atoms with Crippen LogP contribution in [0, 0.1) is 0 Å². The molecule has 0 unspecified atom stereocenters. The Labute approximate surface area is 151 Å². The van der Waals surface area contributed by atoms with Gasteiger partial charge in [0, 0.05) is 13.0 Å². The summed E-state index contributed by atoms with van der Waals surface area (Å²) in [6.07, 6.45) is 1.10. The molecular formula is C20H20N4O2. The SMILES string of the molecule is C[C@H]1c2ccccc2CCN1C(=O)CCn1nnc2ccccc2c1=O. The lowest BCUT2D eigenvalue weighted by molar-refractivity contribution is -0.134. The molecular weight excluding hydrogens is 328 g/mol. The first-order chi connectivity index (χ1) is 12.6. The number of benzene rings is 2. The molecule has 1 atom stereocenters. The van der Waals surface area contributed by atoms with Gasteiger partial charge in [0.2, 0.25) is 5.91 Å². The molecule has 0 saturated carbocycles. The summed E-state index contributed by atoms with van der Waals surface area (Å²) in [5.41, 5.74) is 2.87. The van der Waals surface area contributed by atoms with Gasteiger partial charge in [-0.1, -0.05) is 41.6 Å². The number of rotatable bonds is 3. The minimum atomic E-state index is -0.208. The molecule has 0 bridgehead atoms. The monoisotopic (exact) mass is 348 g/mol. The van der Waals surface area contributed by atoms with E-state index in [1.54, 1.807) is 18.2 Å². The van der Waals surface area contributed by atoms with Gasteiger partial charge in [0.15, 0.2) is 0 Å². The minimum Gasteiger partial charge on any atom is -0.336 e. The first-order valence-corrected chi connectivity index (χ1v) is 8.85. The second-order valence-electron chi connectivity index (χ2n) is 6.60. The van der Waals surface area contributed by atoms with Crippen LogP contribution in [0.1, 0.15) is 30.5 Å². The standard InChI is InChI=1S/C20H20N4O2/c1-14-16-7-3-2-6-15(16)10-12-23(14)19(25)11-13-24-20(26)17-8-4-5-9-18(17)21-22-24/h2-9,14H,10-13H2,1H3/t14-/m0/s1. The van der Waals surface area contributed by atoms with E-state index in [0.29, 0.717) is 17.4 Å². The Morgan fingerprint density at radius 1 is 1.15 bits per heavy atom. The molecule has 132 valence electrons. The van der Waals surface area contributed by atoms with Crippen LogP contribution in [0.3, 0.4) is 0 Å². The summed E-state index contributed by atoms with van der Waals surface area (Å²) >= 11 is 0. The number of aromatic nitrogens is 3.